The fraction of sp³-hybridized carbons (Fsp3) is 0.467. The number of ketones is 1. The molecule has 0 unspecified atom stereocenters. The molecule has 8 heteroatoms. The van der Waals surface area contributed by atoms with Crippen molar-refractivity contribution in [3.63, 3.8) is 0 Å². The van der Waals surface area contributed by atoms with Crippen molar-refractivity contribution in [3.05, 3.63) is 29.8 Å². The molecule has 1 aromatic rings. The fourth-order valence-corrected chi connectivity index (χ4v) is 2.75. The van der Waals surface area contributed by atoms with Gasteiger partial charge in [0.1, 0.15) is 6.54 Å². The largest absolute Gasteiger partial charge is 0.385 e. The second kappa shape index (κ2) is 8.64. The number of carbonyl (C=O) groups excluding carboxylic acids is 2. The second-order valence-corrected chi connectivity index (χ2v) is 6.98. The van der Waals surface area contributed by atoms with Crippen molar-refractivity contribution in [2.45, 2.75) is 13.3 Å². The van der Waals surface area contributed by atoms with Crippen LogP contribution in [0.5, 0.6) is 0 Å². The summed E-state index contributed by atoms with van der Waals surface area (Å²) in [5.74, 6) is -0.513. The highest BCUT2D eigenvalue weighted by Gasteiger charge is 2.20. The third-order valence-corrected chi connectivity index (χ3v) is 4.24. The van der Waals surface area contributed by atoms with Crippen LogP contribution in [0.3, 0.4) is 0 Å². The van der Waals surface area contributed by atoms with E-state index in [-0.39, 0.29) is 12.3 Å². The van der Waals surface area contributed by atoms with Crippen LogP contribution in [0.4, 0.5) is 5.69 Å². The SMILES string of the molecule is COCCCNC(=O)CN(c1ccc(C(C)=O)cc1)S(C)(=O)=O. The number of benzene rings is 1. The number of nitrogens with zero attached hydrogens (tertiary/aromatic N) is 1. The number of ether oxygens (including phenoxy) is 1. The van der Waals surface area contributed by atoms with Crippen LogP contribution in [-0.2, 0) is 19.6 Å². The topological polar surface area (TPSA) is 92.8 Å². The zero-order chi connectivity index (χ0) is 17.5. The summed E-state index contributed by atoms with van der Waals surface area (Å²) in [5, 5.41) is 2.64. The Kier molecular flexibility index (Phi) is 7.18. The quantitative estimate of drug-likeness (QED) is 0.529. The van der Waals surface area contributed by atoms with Crippen LogP contribution >= 0.6 is 0 Å². The fourth-order valence-electron chi connectivity index (χ4n) is 1.89. The predicted octanol–water partition coefficient (Wildman–Crippen LogP) is 0.808. The molecule has 0 saturated heterocycles. The summed E-state index contributed by atoms with van der Waals surface area (Å²) in [6.07, 6.45) is 1.68. The molecule has 0 heterocycles. The molecule has 0 spiro atoms. The third-order valence-electron chi connectivity index (χ3n) is 3.10. The van der Waals surface area contributed by atoms with Crippen molar-refractivity contribution >= 4 is 27.4 Å². The third kappa shape index (κ3) is 6.37. The zero-order valence-electron chi connectivity index (χ0n) is 13.5. The molecule has 1 N–H and O–H groups in total. The molecule has 23 heavy (non-hydrogen) atoms. The predicted molar refractivity (Wildman–Crippen MR) is 88.1 cm³/mol. The molecule has 0 fully saturated rings. The number of nitrogens with one attached hydrogen (secondary N) is 1. The van der Waals surface area contributed by atoms with Crippen LogP contribution < -0.4 is 9.62 Å². The Morgan fingerprint density at radius 2 is 1.83 bits per heavy atom. The van der Waals surface area contributed by atoms with E-state index in [1.807, 2.05) is 0 Å². The lowest BCUT2D eigenvalue weighted by Crippen LogP contribution is -2.40. The maximum Gasteiger partial charge on any atom is 0.240 e. The number of rotatable bonds is 9. The second-order valence-electron chi connectivity index (χ2n) is 5.07. The molecule has 0 aliphatic heterocycles. The molecule has 128 valence electrons. The summed E-state index contributed by atoms with van der Waals surface area (Å²) in [6.45, 7) is 2.04. The van der Waals surface area contributed by atoms with Gasteiger partial charge in [-0.1, -0.05) is 0 Å². The molecular formula is C15H22N2O5S. The Morgan fingerprint density at radius 3 is 2.30 bits per heavy atom. The van der Waals surface area contributed by atoms with Crippen molar-refractivity contribution in [2.24, 2.45) is 0 Å². The highest BCUT2D eigenvalue weighted by Crippen LogP contribution is 2.18. The number of hydrogen-bond acceptors (Lipinski definition) is 5. The Balaban J connectivity index is 2.81. The zero-order valence-corrected chi connectivity index (χ0v) is 14.4. The molecule has 1 amide bonds. The maximum absolute atomic E-state index is 11.9. The monoisotopic (exact) mass is 342 g/mol. The minimum Gasteiger partial charge on any atom is -0.385 e. The Morgan fingerprint density at radius 1 is 1.22 bits per heavy atom. The Labute approximate surface area is 136 Å². The molecule has 1 aromatic carbocycles. The van der Waals surface area contributed by atoms with Gasteiger partial charge in [-0.05, 0) is 37.6 Å². The van der Waals surface area contributed by atoms with Crippen LogP contribution in [0.2, 0.25) is 0 Å². The van der Waals surface area contributed by atoms with Crippen LogP contribution in [0.25, 0.3) is 0 Å². The van der Waals surface area contributed by atoms with Gasteiger partial charge in [-0.2, -0.15) is 0 Å². The van der Waals surface area contributed by atoms with Gasteiger partial charge in [0.15, 0.2) is 5.78 Å². The number of carbonyl (C=O) groups is 2. The van der Waals surface area contributed by atoms with Gasteiger partial charge < -0.3 is 10.1 Å². The van der Waals surface area contributed by atoms with Gasteiger partial charge in [0.2, 0.25) is 15.9 Å². The molecular weight excluding hydrogens is 320 g/mol. The van der Waals surface area contributed by atoms with E-state index in [1.54, 1.807) is 7.11 Å². The van der Waals surface area contributed by atoms with E-state index in [1.165, 1.54) is 31.2 Å². The minimum atomic E-state index is -3.62. The molecule has 7 nitrogen and oxygen atoms in total. The van der Waals surface area contributed by atoms with Crippen molar-refractivity contribution in [2.75, 3.05) is 37.4 Å². The lowest BCUT2D eigenvalue weighted by atomic mass is 10.1. The summed E-state index contributed by atoms with van der Waals surface area (Å²) in [5.41, 5.74) is 0.816. The summed E-state index contributed by atoms with van der Waals surface area (Å²) >= 11 is 0. The van der Waals surface area contributed by atoms with E-state index >= 15 is 0 Å². The van der Waals surface area contributed by atoms with Gasteiger partial charge in [-0.15, -0.1) is 0 Å². The molecule has 0 radical (unpaired) electrons. The normalized spacial score (nSPS) is 11.1. The van der Waals surface area contributed by atoms with E-state index < -0.39 is 15.9 Å². The maximum atomic E-state index is 11.9. The van der Waals surface area contributed by atoms with E-state index in [2.05, 4.69) is 5.32 Å². The van der Waals surface area contributed by atoms with Crippen LogP contribution in [-0.4, -0.2) is 53.2 Å². The molecule has 0 aliphatic carbocycles. The molecule has 0 saturated carbocycles. The molecule has 1 rings (SSSR count). The summed E-state index contributed by atoms with van der Waals surface area (Å²) < 4.78 is 29.7. The number of Topliss-reactive ketones (excluding diaryl/α,β-unsaturated/α-hetero) is 1. The Hall–Kier alpha value is -1.93. The number of anilines is 1. The van der Waals surface area contributed by atoms with Gasteiger partial charge in [-0.3, -0.25) is 13.9 Å². The lowest BCUT2D eigenvalue weighted by Gasteiger charge is -2.22. The van der Waals surface area contributed by atoms with E-state index in [0.717, 1.165) is 10.6 Å². The summed E-state index contributed by atoms with van der Waals surface area (Å²) in [6, 6.07) is 6.09. The average Bonchev–Trinajstić information content (AvgIpc) is 2.48. The van der Waals surface area contributed by atoms with Crippen LogP contribution in [0.15, 0.2) is 24.3 Å². The minimum absolute atomic E-state index is 0.113. The summed E-state index contributed by atoms with van der Waals surface area (Å²) in [4.78, 5) is 23.2. The summed E-state index contributed by atoms with van der Waals surface area (Å²) in [7, 11) is -2.05. The first-order valence-corrected chi connectivity index (χ1v) is 8.95. The van der Waals surface area contributed by atoms with E-state index in [9.17, 15) is 18.0 Å². The van der Waals surface area contributed by atoms with E-state index in [0.29, 0.717) is 30.8 Å². The van der Waals surface area contributed by atoms with Gasteiger partial charge >= 0.3 is 0 Å². The van der Waals surface area contributed by atoms with Gasteiger partial charge in [0.05, 0.1) is 11.9 Å². The highest BCUT2D eigenvalue weighted by atomic mass is 32.2. The smallest absolute Gasteiger partial charge is 0.240 e. The van der Waals surface area contributed by atoms with Crippen molar-refractivity contribution in [3.8, 4) is 0 Å². The molecule has 0 aromatic heterocycles. The van der Waals surface area contributed by atoms with Gasteiger partial charge in [0, 0.05) is 25.8 Å². The molecule has 0 atom stereocenters. The standard InChI is InChI=1S/C15H22N2O5S/c1-12(18)13-5-7-14(8-6-13)17(23(3,20)21)11-15(19)16-9-4-10-22-2/h5-8H,4,9-11H2,1-3H3,(H,16,19). The molecule has 0 aliphatic rings. The first-order chi connectivity index (χ1) is 10.8. The van der Waals surface area contributed by atoms with Crippen LogP contribution in [0.1, 0.15) is 23.7 Å². The van der Waals surface area contributed by atoms with Gasteiger partial charge in [-0.25, -0.2) is 8.42 Å². The van der Waals surface area contributed by atoms with Gasteiger partial charge in [0.25, 0.3) is 0 Å². The number of hydrogen-bond donors (Lipinski definition) is 1. The lowest BCUT2D eigenvalue weighted by molar-refractivity contribution is -0.119. The number of amides is 1. The highest BCUT2D eigenvalue weighted by molar-refractivity contribution is 7.92. The number of sulfonamides is 1. The first kappa shape index (κ1) is 19.1. The first-order valence-electron chi connectivity index (χ1n) is 7.10. The van der Waals surface area contributed by atoms with Crippen molar-refractivity contribution in [1.29, 1.82) is 0 Å². The number of methoxy groups -OCH3 is 1. The average molecular weight is 342 g/mol. The van der Waals surface area contributed by atoms with Crippen LogP contribution in [0, 0.1) is 0 Å². The molecule has 0 bridgehead atoms. The van der Waals surface area contributed by atoms with E-state index in [4.69, 9.17) is 4.74 Å². The van der Waals surface area contributed by atoms with Crippen molar-refractivity contribution < 1.29 is 22.7 Å². The Bertz CT molecular complexity index is 640. The van der Waals surface area contributed by atoms with Crippen molar-refractivity contribution in [1.82, 2.24) is 5.32 Å².